The number of rotatable bonds is 5. The number of alkyl halides is 2. The molecule has 0 heterocycles. The first-order valence-electron chi connectivity index (χ1n) is 8.82. The molecule has 3 fully saturated rings. The van der Waals surface area contributed by atoms with E-state index in [1.54, 1.807) is 37.3 Å². The van der Waals surface area contributed by atoms with Gasteiger partial charge in [0.2, 0.25) is 5.78 Å². The molecule has 24 heavy (non-hydrogen) atoms. The average molecular weight is 336 g/mol. The van der Waals surface area contributed by atoms with Crippen LogP contribution in [-0.4, -0.2) is 22.9 Å². The molecular formula is C20H26F2O2. The van der Waals surface area contributed by atoms with Gasteiger partial charge in [0.15, 0.2) is 0 Å². The summed E-state index contributed by atoms with van der Waals surface area (Å²) in [6.45, 7) is 5.70. The first kappa shape index (κ1) is 17.5. The van der Waals surface area contributed by atoms with E-state index < -0.39 is 29.6 Å². The molecule has 0 saturated heterocycles. The van der Waals surface area contributed by atoms with E-state index >= 15 is 0 Å². The zero-order chi connectivity index (χ0) is 17.7. The number of aliphatic hydroxyl groups excluding tert-OH is 1. The van der Waals surface area contributed by atoms with Crippen LogP contribution in [0.1, 0.15) is 51.5 Å². The Morgan fingerprint density at radius 1 is 1.25 bits per heavy atom. The van der Waals surface area contributed by atoms with Crippen LogP contribution in [0.3, 0.4) is 0 Å². The molecule has 1 N–H and O–H groups in total. The Bertz CT molecular complexity index is 609. The molecule has 132 valence electrons. The maximum Gasteiger partial charge on any atom is 0.331 e. The standard InChI is InChI=1S/C20H26F2O2/c1-12(13-7-5-4-6-8-13)17(23)20(21,22)18(24)15-10-9-14-11-16(15)19(14,2)3/h4-8,12,14-17,23H,9-11H2,1-3H3/t12-,14?,15?,16?,17?/m1/s1. The molecule has 2 nitrogen and oxygen atoms in total. The van der Waals surface area contributed by atoms with Gasteiger partial charge in [0.25, 0.3) is 0 Å². The quantitative estimate of drug-likeness (QED) is 0.864. The molecule has 3 aliphatic rings. The predicted molar refractivity (Wildman–Crippen MR) is 88.9 cm³/mol. The van der Waals surface area contributed by atoms with E-state index in [9.17, 15) is 18.7 Å². The fourth-order valence-corrected chi connectivity index (χ4v) is 4.77. The van der Waals surface area contributed by atoms with Crippen molar-refractivity contribution in [1.82, 2.24) is 0 Å². The monoisotopic (exact) mass is 336 g/mol. The van der Waals surface area contributed by atoms with Gasteiger partial charge in [0.1, 0.15) is 6.10 Å². The summed E-state index contributed by atoms with van der Waals surface area (Å²) in [6, 6.07) is 8.69. The highest BCUT2D eigenvalue weighted by molar-refractivity contribution is 5.89. The second-order valence-electron chi connectivity index (χ2n) is 8.18. The minimum Gasteiger partial charge on any atom is -0.386 e. The van der Waals surface area contributed by atoms with E-state index in [1.165, 1.54) is 0 Å². The number of benzene rings is 1. The summed E-state index contributed by atoms with van der Waals surface area (Å²) in [7, 11) is 0. The van der Waals surface area contributed by atoms with Gasteiger partial charge in [-0.05, 0) is 42.1 Å². The third kappa shape index (κ3) is 2.59. The van der Waals surface area contributed by atoms with E-state index in [2.05, 4.69) is 13.8 Å². The summed E-state index contributed by atoms with van der Waals surface area (Å²) in [6.07, 6.45) is 0.234. The Labute approximate surface area is 142 Å². The maximum atomic E-state index is 14.8. The zero-order valence-electron chi connectivity index (χ0n) is 14.5. The van der Waals surface area contributed by atoms with E-state index in [0.717, 1.165) is 12.8 Å². The molecule has 0 amide bonds. The number of hydrogen-bond acceptors (Lipinski definition) is 2. The largest absolute Gasteiger partial charge is 0.386 e. The van der Waals surface area contributed by atoms with Crippen LogP contribution < -0.4 is 0 Å². The lowest BCUT2D eigenvalue weighted by molar-refractivity contribution is -0.184. The molecule has 0 spiro atoms. The minimum atomic E-state index is -3.71. The van der Waals surface area contributed by atoms with Crippen molar-refractivity contribution < 1.29 is 18.7 Å². The number of fused-ring (bicyclic) bond motifs is 2. The molecule has 4 rings (SSSR count). The Morgan fingerprint density at radius 2 is 1.88 bits per heavy atom. The summed E-state index contributed by atoms with van der Waals surface area (Å²) in [5.41, 5.74) is 0.579. The van der Waals surface area contributed by atoms with Crippen molar-refractivity contribution in [1.29, 1.82) is 0 Å². The third-order valence-electron chi connectivity index (χ3n) is 6.69. The predicted octanol–water partition coefficient (Wildman–Crippen LogP) is 4.43. The Morgan fingerprint density at radius 3 is 2.42 bits per heavy atom. The number of carbonyl (C=O) groups is 1. The van der Waals surface area contributed by atoms with Gasteiger partial charge in [-0.25, -0.2) is 0 Å². The number of halogens is 2. The van der Waals surface area contributed by atoms with Crippen LogP contribution in [0, 0.1) is 23.2 Å². The fourth-order valence-electron chi connectivity index (χ4n) is 4.77. The molecule has 1 aromatic rings. The first-order chi connectivity index (χ1) is 11.2. The lowest BCUT2D eigenvalue weighted by atomic mass is 9.45. The van der Waals surface area contributed by atoms with Crippen molar-refractivity contribution in [3.8, 4) is 0 Å². The fraction of sp³-hybridized carbons (Fsp3) is 0.650. The number of carbonyl (C=O) groups excluding carboxylic acids is 1. The summed E-state index contributed by atoms with van der Waals surface area (Å²) in [5, 5.41) is 10.3. The third-order valence-corrected chi connectivity index (χ3v) is 6.69. The van der Waals surface area contributed by atoms with E-state index in [4.69, 9.17) is 0 Å². The van der Waals surface area contributed by atoms with Crippen molar-refractivity contribution in [2.24, 2.45) is 23.2 Å². The number of ketones is 1. The van der Waals surface area contributed by atoms with Gasteiger partial charge in [-0.3, -0.25) is 4.79 Å². The summed E-state index contributed by atoms with van der Waals surface area (Å²) < 4.78 is 29.5. The zero-order valence-corrected chi connectivity index (χ0v) is 14.5. The van der Waals surface area contributed by atoms with E-state index in [1.807, 2.05) is 0 Å². The van der Waals surface area contributed by atoms with Gasteiger partial charge < -0.3 is 5.11 Å². The van der Waals surface area contributed by atoms with Crippen molar-refractivity contribution in [2.75, 3.05) is 0 Å². The normalized spacial score (nSPS) is 31.0. The number of Topliss-reactive ketones (excluding diaryl/α,β-unsaturated/α-hetero) is 1. The molecule has 4 heteroatoms. The van der Waals surface area contributed by atoms with Crippen LogP contribution >= 0.6 is 0 Å². The van der Waals surface area contributed by atoms with E-state index in [0.29, 0.717) is 17.9 Å². The molecular weight excluding hydrogens is 310 g/mol. The average Bonchev–Trinajstić information content (AvgIpc) is 2.60. The smallest absolute Gasteiger partial charge is 0.331 e. The molecule has 0 aromatic heterocycles. The van der Waals surface area contributed by atoms with Crippen molar-refractivity contribution in [3.63, 3.8) is 0 Å². The molecule has 2 bridgehead atoms. The molecule has 4 unspecified atom stereocenters. The second-order valence-corrected chi connectivity index (χ2v) is 8.18. The van der Waals surface area contributed by atoms with Gasteiger partial charge in [-0.2, -0.15) is 8.78 Å². The SMILES string of the molecule is C[C@H](c1ccccc1)C(O)C(F)(F)C(=O)C1CCC2CC1C2(C)C. The number of hydrogen-bond donors (Lipinski definition) is 1. The van der Waals surface area contributed by atoms with Gasteiger partial charge in [0, 0.05) is 11.8 Å². The Kier molecular flexibility index (Phi) is 4.31. The van der Waals surface area contributed by atoms with Crippen LogP contribution in [0.15, 0.2) is 30.3 Å². The van der Waals surface area contributed by atoms with Gasteiger partial charge in [-0.15, -0.1) is 0 Å². The lowest BCUT2D eigenvalue weighted by Crippen LogP contribution is -2.58. The Hall–Kier alpha value is -1.29. The number of aliphatic hydroxyl groups is 1. The van der Waals surface area contributed by atoms with Crippen LogP contribution in [0.4, 0.5) is 8.78 Å². The van der Waals surface area contributed by atoms with Crippen LogP contribution in [0.25, 0.3) is 0 Å². The van der Waals surface area contributed by atoms with Crippen LogP contribution in [0.2, 0.25) is 0 Å². The van der Waals surface area contributed by atoms with Gasteiger partial charge >= 0.3 is 5.92 Å². The minimum absolute atomic E-state index is 0.0221. The molecule has 3 saturated carbocycles. The molecule has 1 aromatic carbocycles. The highest BCUT2D eigenvalue weighted by atomic mass is 19.3. The molecule has 3 aliphatic carbocycles. The summed E-state index contributed by atoms with van der Waals surface area (Å²) in [5.74, 6) is -5.62. The maximum absolute atomic E-state index is 14.8. The van der Waals surface area contributed by atoms with Crippen molar-refractivity contribution >= 4 is 5.78 Å². The lowest BCUT2D eigenvalue weighted by Gasteiger charge is -2.60. The highest BCUT2D eigenvalue weighted by Crippen LogP contribution is 2.62. The van der Waals surface area contributed by atoms with Crippen molar-refractivity contribution in [2.45, 2.75) is 58.0 Å². The van der Waals surface area contributed by atoms with E-state index in [-0.39, 0.29) is 11.3 Å². The van der Waals surface area contributed by atoms with Crippen molar-refractivity contribution in [3.05, 3.63) is 35.9 Å². The first-order valence-corrected chi connectivity index (χ1v) is 8.82. The Balaban J connectivity index is 1.78. The molecule has 5 atom stereocenters. The van der Waals surface area contributed by atoms with Gasteiger partial charge in [0.05, 0.1) is 0 Å². The summed E-state index contributed by atoms with van der Waals surface area (Å²) in [4.78, 5) is 12.6. The summed E-state index contributed by atoms with van der Waals surface area (Å²) >= 11 is 0. The molecule has 0 aliphatic heterocycles. The van der Waals surface area contributed by atoms with Crippen LogP contribution in [-0.2, 0) is 4.79 Å². The molecule has 0 radical (unpaired) electrons. The topological polar surface area (TPSA) is 37.3 Å². The second kappa shape index (κ2) is 5.91. The van der Waals surface area contributed by atoms with Gasteiger partial charge in [-0.1, -0.05) is 51.1 Å². The van der Waals surface area contributed by atoms with Crippen LogP contribution in [0.5, 0.6) is 0 Å². The highest BCUT2D eigenvalue weighted by Gasteiger charge is 2.61.